The lowest BCUT2D eigenvalue weighted by Crippen LogP contribution is -2.30. The van der Waals surface area contributed by atoms with E-state index in [-0.39, 0.29) is 43.3 Å². The van der Waals surface area contributed by atoms with E-state index in [1.165, 1.54) is 4.90 Å². The van der Waals surface area contributed by atoms with Crippen molar-refractivity contribution in [3.8, 4) is 0 Å². The van der Waals surface area contributed by atoms with Gasteiger partial charge in [-0.2, -0.15) is 0 Å². The minimum Gasteiger partial charge on any atom is -0.481 e. The third-order valence-electron chi connectivity index (χ3n) is 4.90. The molecule has 1 N–H and O–H groups in total. The van der Waals surface area contributed by atoms with Gasteiger partial charge in [0.15, 0.2) is 0 Å². The molecule has 2 atom stereocenters. The van der Waals surface area contributed by atoms with E-state index in [0.717, 1.165) is 23.8 Å². The molecule has 1 heterocycles. The number of carbonyl (C=O) groups excluding carboxylic acids is 1. The number of likely N-dealkylation sites (tertiary alicyclic amines) is 1. The van der Waals surface area contributed by atoms with E-state index >= 15 is 0 Å². The van der Waals surface area contributed by atoms with Gasteiger partial charge < -0.3 is 10.0 Å². The topological polar surface area (TPSA) is 57.6 Å². The van der Waals surface area contributed by atoms with Crippen molar-refractivity contribution < 1.29 is 23.5 Å². The lowest BCUT2D eigenvalue weighted by Gasteiger charge is -2.17. The van der Waals surface area contributed by atoms with Gasteiger partial charge in [-0.05, 0) is 47.9 Å². The van der Waals surface area contributed by atoms with Gasteiger partial charge in [-0.25, -0.2) is 8.78 Å². The molecule has 7 heteroatoms. The summed E-state index contributed by atoms with van der Waals surface area (Å²) in [5.74, 6) is -3.43. The molecular weight excluding hydrogens is 376 g/mol. The molecular formula is C20H18ClF2NO3. The Balaban J connectivity index is 1.69. The molecule has 2 aromatic carbocycles. The van der Waals surface area contributed by atoms with Crippen LogP contribution in [0.5, 0.6) is 0 Å². The van der Waals surface area contributed by atoms with Crippen LogP contribution in [0.3, 0.4) is 0 Å². The number of rotatable bonds is 5. The van der Waals surface area contributed by atoms with Crippen LogP contribution >= 0.6 is 11.6 Å². The normalized spacial score (nSPS) is 19.3. The van der Waals surface area contributed by atoms with Crippen LogP contribution in [0.4, 0.5) is 8.78 Å². The first-order valence-electron chi connectivity index (χ1n) is 8.55. The van der Waals surface area contributed by atoms with E-state index in [4.69, 9.17) is 11.6 Å². The molecule has 1 saturated heterocycles. The summed E-state index contributed by atoms with van der Waals surface area (Å²) in [4.78, 5) is 25.6. The average molecular weight is 394 g/mol. The first-order valence-corrected chi connectivity index (χ1v) is 8.93. The number of hydrogen-bond acceptors (Lipinski definition) is 2. The zero-order valence-corrected chi connectivity index (χ0v) is 15.1. The molecule has 0 aliphatic carbocycles. The zero-order valence-electron chi connectivity index (χ0n) is 14.4. The highest BCUT2D eigenvalue weighted by atomic mass is 35.5. The van der Waals surface area contributed by atoms with Crippen LogP contribution in [0.25, 0.3) is 0 Å². The molecule has 0 unspecified atom stereocenters. The summed E-state index contributed by atoms with van der Waals surface area (Å²) in [6.45, 7) is 0.357. The van der Waals surface area contributed by atoms with E-state index in [0.29, 0.717) is 5.02 Å². The van der Waals surface area contributed by atoms with Gasteiger partial charge in [-0.15, -0.1) is 0 Å². The molecule has 1 aliphatic heterocycles. The molecule has 1 amide bonds. The van der Waals surface area contributed by atoms with E-state index in [9.17, 15) is 23.5 Å². The molecule has 3 rings (SSSR count). The highest BCUT2D eigenvalue weighted by molar-refractivity contribution is 6.30. The Bertz CT molecular complexity index is 857. The second-order valence-corrected chi connectivity index (χ2v) is 7.07. The van der Waals surface area contributed by atoms with Crippen LogP contribution in [0, 0.1) is 17.6 Å². The maximum absolute atomic E-state index is 13.7. The molecule has 142 valence electrons. The van der Waals surface area contributed by atoms with Crippen LogP contribution in [-0.2, 0) is 16.0 Å². The Morgan fingerprint density at radius 3 is 2.48 bits per heavy atom. The second-order valence-electron chi connectivity index (χ2n) is 6.64. The summed E-state index contributed by atoms with van der Waals surface area (Å²) in [5.41, 5.74) is 0.935. The van der Waals surface area contributed by atoms with E-state index in [1.807, 2.05) is 0 Å². The molecule has 2 aromatic rings. The molecule has 1 aliphatic rings. The third-order valence-corrected chi connectivity index (χ3v) is 5.16. The molecule has 1 fully saturated rings. The number of benzene rings is 2. The van der Waals surface area contributed by atoms with Crippen LogP contribution < -0.4 is 0 Å². The number of carboxylic acids is 1. The molecule has 4 nitrogen and oxygen atoms in total. The predicted molar refractivity (Wildman–Crippen MR) is 96.6 cm³/mol. The van der Waals surface area contributed by atoms with Gasteiger partial charge in [0.1, 0.15) is 11.6 Å². The van der Waals surface area contributed by atoms with Crippen LogP contribution in [0.1, 0.15) is 23.5 Å². The van der Waals surface area contributed by atoms with Crippen molar-refractivity contribution >= 4 is 23.5 Å². The lowest BCUT2D eigenvalue weighted by molar-refractivity contribution is -0.141. The quantitative estimate of drug-likeness (QED) is 0.838. The Kier molecular flexibility index (Phi) is 5.75. The summed E-state index contributed by atoms with van der Waals surface area (Å²) in [6, 6.07) is 10.0. The smallest absolute Gasteiger partial charge is 0.308 e. The lowest BCUT2D eigenvalue weighted by atomic mass is 9.89. The first-order chi connectivity index (χ1) is 12.8. The second kappa shape index (κ2) is 8.05. The first kappa shape index (κ1) is 19.3. The molecule has 0 spiro atoms. The van der Waals surface area contributed by atoms with Crippen molar-refractivity contribution in [2.24, 2.45) is 5.92 Å². The Labute approximate surface area is 160 Å². The van der Waals surface area contributed by atoms with Crippen LogP contribution in [0.15, 0.2) is 42.5 Å². The summed E-state index contributed by atoms with van der Waals surface area (Å²) in [5, 5.41) is 10.1. The van der Waals surface area contributed by atoms with Crippen molar-refractivity contribution in [2.45, 2.75) is 18.8 Å². The highest BCUT2D eigenvalue weighted by Crippen LogP contribution is 2.34. The van der Waals surface area contributed by atoms with Gasteiger partial charge >= 0.3 is 5.97 Å². The van der Waals surface area contributed by atoms with Crippen molar-refractivity contribution in [2.75, 3.05) is 13.1 Å². The molecule has 0 radical (unpaired) electrons. The monoisotopic (exact) mass is 393 g/mol. The highest BCUT2D eigenvalue weighted by Gasteiger charge is 2.40. The minimum absolute atomic E-state index is 0.0138. The standard InChI is InChI=1S/C20H18ClF2NO3/c21-14-4-1-12(2-5-14)16-10-24(11-17(16)20(26)27)19(25)8-3-13-9-15(22)6-7-18(13)23/h1-2,4-7,9,16-17H,3,8,10-11H2,(H,26,27)/t16-,17+/m0/s1. The SMILES string of the molecule is O=C(O)[C@@H]1CN(C(=O)CCc2cc(F)ccc2F)C[C@H]1c1ccc(Cl)cc1. The fourth-order valence-corrected chi connectivity index (χ4v) is 3.57. The third kappa shape index (κ3) is 4.45. The van der Waals surface area contributed by atoms with Crippen molar-refractivity contribution in [1.82, 2.24) is 4.90 Å². The van der Waals surface area contributed by atoms with Crippen molar-refractivity contribution in [1.29, 1.82) is 0 Å². The number of carboxylic acid groups (broad SMARTS) is 1. The van der Waals surface area contributed by atoms with Gasteiger partial charge in [-0.1, -0.05) is 23.7 Å². The number of nitrogens with zero attached hydrogens (tertiary/aromatic N) is 1. The number of halogens is 3. The van der Waals surface area contributed by atoms with Crippen molar-refractivity contribution in [3.05, 3.63) is 70.2 Å². The number of hydrogen-bond donors (Lipinski definition) is 1. The summed E-state index contributed by atoms with van der Waals surface area (Å²) in [7, 11) is 0. The molecule has 0 saturated carbocycles. The van der Waals surface area contributed by atoms with E-state index < -0.39 is 23.5 Å². The largest absolute Gasteiger partial charge is 0.481 e. The Morgan fingerprint density at radius 2 is 1.81 bits per heavy atom. The van der Waals surface area contributed by atoms with Gasteiger partial charge in [0.2, 0.25) is 5.91 Å². The van der Waals surface area contributed by atoms with Crippen LogP contribution in [-0.4, -0.2) is 35.0 Å². The minimum atomic E-state index is -0.971. The fourth-order valence-electron chi connectivity index (χ4n) is 3.44. The number of aliphatic carboxylic acids is 1. The van der Waals surface area contributed by atoms with Gasteiger partial charge in [0.05, 0.1) is 5.92 Å². The maximum Gasteiger partial charge on any atom is 0.308 e. The number of aryl methyl sites for hydroxylation is 1. The molecule has 27 heavy (non-hydrogen) atoms. The fraction of sp³-hybridized carbons (Fsp3) is 0.300. The Morgan fingerprint density at radius 1 is 1.11 bits per heavy atom. The predicted octanol–water partition coefficient (Wildman–Crippen LogP) is 3.88. The average Bonchev–Trinajstić information content (AvgIpc) is 3.08. The van der Waals surface area contributed by atoms with Gasteiger partial charge in [0, 0.05) is 30.5 Å². The van der Waals surface area contributed by atoms with Crippen LogP contribution in [0.2, 0.25) is 5.02 Å². The molecule has 0 bridgehead atoms. The van der Waals surface area contributed by atoms with E-state index in [2.05, 4.69) is 0 Å². The Hall–Kier alpha value is -2.47. The summed E-state index contributed by atoms with van der Waals surface area (Å²) in [6.07, 6.45) is 0.0440. The van der Waals surface area contributed by atoms with Gasteiger partial charge in [0.25, 0.3) is 0 Å². The number of carbonyl (C=O) groups is 2. The summed E-state index contributed by atoms with van der Waals surface area (Å²) < 4.78 is 26.9. The summed E-state index contributed by atoms with van der Waals surface area (Å²) >= 11 is 5.88. The zero-order chi connectivity index (χ0) is 19.6. The van der Waals surface area contributed by atoms with Crippen molar-refractivity contribution in [3.63, 3.8) is 0 Å². The number of amides is 1. The van der Waals surface area contributed by atoms with Gasteiger partial charge in [-0.3, -0.25) is 9.59 Å². The van der Waals surface area contributed by atoms with E-state index in [1.54, 1.807) is 24.3 Å². The molecule has 0 aromatic heterocycles. The maximum atomic E-state index is 13.7.